The molecule has 2 aromatic carbocycles. The van der Waals surface area contributed by atoms with Crippen molar-refractivity contribution in [1.82, 2.24) is 62.4 Å². The number of aliphatic hydroxyl groups excluding tert-OH is 1. The first-order valence-electron chi connectivity index (χ1n) is 23.7. The predicted molar refractivity (Wildman–Crippen MR) is 260 cm³/mol. The van der Waals surface area contributed by atoms with Crippen LogP contribution in [0.25, 0.3) is 10.9 Å². The topological polar surface area (TPSA) is 351 Å². The van der Waals surface area contributed by atoms with Crippen LogP contribution in [0, 0.1) is 5.41 Å². The zero-order chi connectivity index (χ0) is 51.0. The van der Waals surface area contributed by atoms with Gasteiger partial charge in [0.05, 0.1) is 18.1 Å². The van der Waals surface area contributed by atoms with Gasteiger partial charge in [-0.3, -0.25) is 43.8 Å². The van der Waals surface area contributed by atoms with Crippen LogP contribution >= 0.6 is 0 Å². The Hall–Kier alpha value is -7.82. The van der Waals surface area contributed by atoms with Crippen LogP contribution in [-0.2, 0) is 57.6 Å². The summed E-state index contributed by atoms with van der Waals surface area (Å²) in [5.41, 5.74) is 7.96. The summed E-state index contributed by atoms with van der Waals surface area (Å²) in [6.07, 6.45) is 3.38. The van der Waals surface area contributed by atoms with Crippen molar-refractivity contribution in [3.05, 3.63) is 90.1 Å². The normalized spacial score (nSPS) is 24.5. The van der Waals surface area contributed by atoms with E-state index in [1.165, 1.54) is 24.3 Å². The Bertz CT molecular complexity index is 2520. The highest BCUT2D eigenvalue weighted by atomic mass is 16.3. The molecular weight excluding hydrogens is 917 g/mol. The molecule has 6 rings (SSSR count). The highest BCUT2D eigenvalue weighted by molar-refractivity contribution is 5.98. The number of nitrogens with two attached hydrogens (primary N) is 1. The Morgan fingerprint density at radius 1 is 0.817 bits per heavy atom. The summed E-state index contributed by atoms with van der Waals surface area (Å²) in [6, 6.07) is 7.77. The van der Waals surface area contributed by atoms with E-state index < -0.39 is 89.6 Å². The molecule has 2 aliphatic rings. The standard InChI is InChI=1S/C48H64N14O9/c1-27-19-32(64)25-62(27)47(71)37-16-18-52-41(65)15-14-36(56-28(2)63)43(67)61-40(22-31-24-51-26-55-31)46(70)59-38(20-29-9-4-3-5-10-29)44(68)57-35(13-8-17-53-48(49)50)42(66)60-39(45(69)58-37)21-30-23-54-34-12-7-6-11-33(30)34/h3-7,9-12,23-24,26-27,32,35-40,54,64H,8,13-22,25H2,1-2H3,(H,51,55)(H,52,65)(H,56,63)(H,57,68)(H,58,69)(H,59,70)(H,60,66)(H,61,67)(H4,49,50,53)/t27-,32-,35+,36+,37+,38-,39+,40+/m1/s1. The SMILES string of the molecule is CC(=O)N[C@H]1CCC(=O)NCC[C@@H](C(=O)N2C[C@H](O)C[C@H]2C)NC(=O)[C@H](Cc2c[nH]c3ccccc23)NC(=O)[C@H](CCCNC(=N)N)NC(=O)[C@@H](Cc2ccccc2)NC(=O)[C@H](Cc2c[nH]cn2)NC1=O. The molecule has 8 atom stereocenters. The van der Waals surface area contributed by atoms with E-state index in [1.54, 1.807) is 43.5 Å². The number of aromatic amines is 2. The van der Waals surface area contributed by atoms with Crippen molar-refractivity contribution < 1.29 is 43.5 Å². The van der Waals surface area contributed by atoms with Gasteiger partial charge in [0.1, 0.15) is 36.3 Å². The van der Waals surface area contributed by atoms with Crippen LogP contribution in [0.3, 0.4) is 0 Å². The van der Waals surface area contributed by atoms with Crippen molar-refractivity contribution in [2.75, 3.05) is 19.6 Å². The Labute approximate surface area is 409 Å². The number of H-pyrrole nitrogens is 2. The van der Waals surface area contributed by atoms with Crippen LogP contribution in [0.2, 0.25) is 0 Å². The van der Waals surface area contributed by atoms with E-state index in [9.17, 15) is 43.5 Å². The number of aromatic nitrogens is 3. The number of fused-ring (bicyclic) bond motifs is 1. The van der Waals surface area contributed by atoms with Gasteiger partial charge in [0.15, 0.2) is 5.96 Å². The van der Waals surface area contributed by atoms with Crippen molar-refractivity contribution >= 4 is 64.1 Å². The molecule has 2 aromatic heterocycles. The van der Waals surface area contributed by atoms with E-state index in [1.807, 2.05) is 24.3 Å². The van der Waals surface area contributed by atoms with E-state index in [4.69, 9.17) is 11.1 Å². The second-order valence-corrected chi connectivity index (χ2v) is 18.0. The lowest BCUT2D eigenvalue weighted by atomic mass is 10.0. The molecule has 0 saturated carbocycles. The Kier molecular flexibility index (Phi) is 18.6. The molecule has 380 valence electrons. The lowest BCUT2D eigenvalue weighted by Gasteiger charge is -2.30. The molecule has 8 amide bonds. The van der Waals surface area contributed by atoms with Crippen molar-refractivity contribution in [3.63, 3.8) is 0 Å². The summed E-state index contributed by atoms with van der Waals surface area (Å²) in [6.45, 7) is 2.98. The molecule has 0 unspecified atom stereocenters. The average molecular weight is 981 g/mol. The molecule has 2 fully saturated rings. The maximum Gasteiger partial charge on any atom is 0.245 e. The molecule has 2 aliphatic heterocycles. The fraction of sp³-hybridized carbons (Fsp3) is 0.458. The minimum Gasteiger partial charge on any atom is -0.391 e. The van der Waals surface area contributed by atoms with Crippen LogP contribution in [0.15, 0.2) is 73.3 Å². The molecule has 23 heteroatoms. The number of β-amino-alcohol motifs (C(OH)–C–C–N with tert-alkyl or cyclic N) is 1. The Balaban J connectivity index is 1.39. The lowest BCUT2D eigenvalue weighted by molar-refractivity contribution is -0.138. The number of aliphatic hydroxyl groups is 1. The molecule has 4 aromatic rings. The average Bonchev–Trinajstić information content (AvgIpc) is 4.09. The second-order valence-electron chi connectivity index (χ2n) is 18.0. The number of carbonyl (C=O) groups excluding carboxylic acids is 8. The van der Waals surface area contributed by atoms with Gasteiger partial charge in [-0.05, 0) is 56.2 Å². The monoisotopic (exact) mass is 980 g/mol. The minimum absolute atomic E-state index is 0.00891. The van der Waals surface area contributed by atoms with Crippen LogP contribution in [0.4, 0.5) is 0 Å². The van der Waals surface area contributed by atoms with Gasteiger partial charge < -0.3 is 68.2 Å². The Morgan fingerprint density at radius 3 is 2.14 bits per heavy atom. The van der Waals surface area contributed by atoms with Crippen molar-refractivity contribution in [2.24, 2.45) is 5.73 Å². The van der Waals surface area contributed by atoms with Gasteiger partial charge in [-0.1, -0.05) is 48.5 Å². The first-order chi connectivity index (χ1) is 34.0. The van der Waals surface area contributed by atoms with Crippen LogP contribution < -0.4 is 48.3 Å². The summed E-state index contributed by atoms with van der Waals surface area (Å²) in [5, 5.41) is 40.7. The van der Waals surface area contributed by atoms with Crippen LogP contribution in [0.1, 0.15) is 69.2 Å². The van der Waals surface area contributed by atoms with Gasteiger partial charge in [-0.25, -0.2) is 4.98 Å². The molecule has 0 aliphatic carbocycles. The summed E-state index contributed by atoms with van der Waals surface area (Å²) in [5.74, 6) is -5.91. The number of imidazole rings is 1. The smallest absolute Gasteiger partial charge is 0.245 e. The van der Waals surface area contributed by atoms with Crippen molar-refractivity contribution in [2.45, 2.75) is 120 Å². The van der Waals surface area contributed by atoms with E-state index in [-0.39, 0.29) is 83.0 Å². The molecule has 71 heavy (non-hydrogen) atoms. The molecule has 0 radical (unpaired) electrons. The first kappa shape index (κ1) is 52.5. The van der Waals surface area contributed by atoms with Crippen molar-refractivity contribution in [3.8, 4) is 0 Å². The molecular formula is C48H64N14O9. The maximum atomic E-state index is 14.7. The largest absolute Gasteiger partial charge is 0.391 e. The maximum absolute atomic E-state index is 14.7. The lowest BCUT2D eigenvalue weighted by Crippen LogP contribution is -2.61. The highest BCUT2D eigenvalue weighted by Gasteiger charge is 2.38. The first-order valence-corrected chi connectivity index (χ1v) is 23.7. The van der Waals surface area contributed by atoms with Gasteiger partial charge in [0.2, 0.25) is 47.3 Å². The Morgan fingerprint density at radius 2 is 1.46 bits per heavy atom. The second kappa shape index (κ2) is 25.2. The van der Waals surface area contributed by atoms with Gasteiger partial charge in [0.25, 0.3) is 0 Å². The fourth-order valence-corrected chi connectivity index (χ4v) is 8.77. The number of hydrogen-bond donors (Lipinski definition) is 13. The van der Waals surface area contributed by atoms with Crippen LogP contribution in [0.5, 0.6) is 0 Å². The van der Waals surface area contributed by atoms with E-state index in [0.717, 1.165) is 10.9 Å². The molecule has 0 bridgehead atoms. The van der Waals surface area contributed by atoms with E-state index >= 15 is 0 Å². The number of carbonyl (C=O) groups is 8. The van der Waals surface area contributed by atoms with Crippen LogP contribution in [-0.4, -0.2) is 146 Å². The summed E-state index contributed by atoms with van der Waals surface area (Å²) < 4.78 is 0. The zero-order valence-corrected chi connectivity index (χ0v) is 39.7. The molecule has 0 spiro atoms. The summed E-state index contributed by atoms with van der Waals surface area (Å²) in [4.78, 5) is 124. The third kappa shape index (κ3) is 15.3. The number of benzene rings is 2. The fourth-order valence-electron chi connectivity index (χ4n) is 8.77. The third-order valence-corrected chi connectivity index (χ3v) is 12.4. The number of hydrogen-bond acceptors (Lipinski definition) is 11. The number of likely N-dealkylation sites (tertiary alicyclic amines) is 1. The summed E-state index contributed by atoms with van der Waals surface area (Å²) in [7, 11) is 0. The molecule has 2 saturated heterocycles. The van der Waals surface area contributed by atoms with E-state index in [0.29, 0.717) is 23.2 Å². The summed E-state index contributed by atoms with van der Waals surface area (Å²) >= 11 is 0. The number of rotatable bonds is 12. The van der Waals surface area contributed by atoms with Gasteiger partial charge in [-0.15, -0.1) is 0 Å². The van der Waals surface area contributed by atoms with Gasteiger partial charge >= 0.3 is 0 Å². The highest BCUT2D eigenvalue weighted by Crippen LogP contribution is 2.21. The molecule has 23 nitrogen and oxygen atoms in total. The number of guanidine groups is 1. The quantitative estimate of drug-likeness (QED) is 0.0434. The minimum atomic E-state index is -1.37. The van der Waals surface area contributed by atoms with E-state index in [2.05, 4.69) is 57.5 Å². The predicted octanol–water partition coefficient (Wildman–Crippen LogP) is -1.61. The molecule has 4 heterocycles. The number of amides is 8. The van der Waals surface area contributed by atoms with Gasteiger partial charge in [-0.2, -0.15) is 0 Å². The van der Waals surface area contributed by atoms with Crippen molar-refractivity contribution in [1.29, 1.82) is 5.41 Å². The number of nitrogens with zero attached hydrogens (tertiary/aromatic N) is 2. The van der Waals surface area contributed by atoms with Gasteiger partial charge in [0, 0.05) is 81.6 Å². The third-order valence-electron chi connectivity index (χ3n) is 12.4. The number of nitrogens with one attached hydrogen (secondary N) is 11. The number of para-hydroxylation sites is 1. The molecule has 14 N–H and O–H groups in total. The zero-order valence-electron chi connectivity index (χ0n) is 39.7.